The van der Waals surface area contributed by atoms with Crippen LogP contribution in [0.4, 0.5) is 0 Å². The van der Waals surface area contributed by atoms with Gasteiger partial charge >= 0.3 is 0 Å². The highest BCUT2D eigenvalue weighted by Crippen LogP contribution is 2.08. The van der Waals surface area contributed by atoms with Gasteiger partial charge in [-0.05, 0) is 45.9 Å². The molecule has 1 heteroatoms. The van der Waals surface area contributed by atoms with E-state index in [2.05, 4.69) is 42.5 Å². The first-order chi connectivity index (χ1) is 4.77. The Bertz CT molecular complexity index is 90.9. The zero-order chi connectivity index (χ0) is 7.82. The second kappa shape index (κ2) is 7.58. The zero-order valence-corrected chi connectivity index (χ0v) is 9.15. The van der Waals surface area contributed by atoms with Gasteiger partial charge in [0.15, 0.2) is 0 Å². The van der Waals surface area contributed by atoms with E-state index in [0.717, 1.165) is 0 Å². The average Bonchev–Trinajstić information content (AvgIpc) is 1.87. The molecule has 0 aliphatic rings. The molecule has 0 rings (SSSR count). The first-order valence-corrected chi connectivity index (χ1v) is 5.17. The van der Waals surface area contributed by atoms with Crippen LogP contribution in [0, 0.1) is 0 Å². The summed E-state index contributed by atoms with van der Waals surface area (Å²) < 4.78 is 1.43. The Hall–Kier alpha value is 0.470. The summed E-state index contributed by atoms with van der Waals surface area (Å²) in [5.74, 6) is 0. The molecule has 0 atom stereocenters. The Morgan fingerprint density at radius 1 is 1.30 bits per heavy atom. The molecule has 0 radical (unpaired) electrons. The van der Waals surface area contributed by atoms with Crippen LogP contribution in [-0.2, 0) is 0 Å². The van der Waals surface area contributed by atoms with Crippen LogP contribution >= 0.6 is 22.6 Å². The van der Waals surface area contributed by atoms with Gasteiger partial charge in [0, 0.05) is 0 Å². The van der Waals surface area contributed by atoms with Gasteiger partial charge in [-0.15, -0.1) is 0 Å². The molecule has 0 nitrogen and oxygen atoms in total. The van der Waals surface area contributed by atoms with Crippen LogP contribution in [0.25, 0.3) is 0 Å². The molecule has 10 heavy (non-hydrogen) atoms. The molecule has 60 valence electrons. The standard InChI is InChI=1S/C9H17I/c1-3-4-5-6-7-8-9(2)10/h8H,3-7H2,1-2H3/b9-8-. The lowest BCUT2D eigenvalue weighted by Gasteiger charge is -1.94. The molecule has 0 aromatic heterocycles. The number of rotatable bonds is 5. The largest absolute Gasteiger partial charge is 0.0755 e. The molecule has 0 N–H and O–H groups in total. The summed E-state index contributed by atoms with van der Waals surface area (Å²) in [5.41, 5.74) is 0. The zero-order valence-electron chi connectivity index (χ0n) is 6.99. The van der Waals surface area contributed by atoms with E-state index >= 15 is 0 Å². The van der Waals surface area contributed by atoms with Gasteiger partial charge in [0.05, 0.1) is 0 Å². The van der Waals surface area contributed by atoms with E-state index in [1.165, 1.54) is 35.7 Å². The third-order valence-corrected chi connectivity index (χ3v) is 1.92. The van der Waals surface area contributed by atoms with Gasteiger partial charge in [0.1, 0.15) is 0 Å². The minimum atomic E-state index is 1.27. The van der Waals surface area contributed by atoms with Gasteiger partial charge in [0.25, 0.3) is 0 Å². The topological polar surface area (TPSA) is 0 Å². The summed E-state index contributed by atoms with van der Waals surface area (Å²) in [6, 6.07) is 0. The van der Waals surface area contributed by atoms with Gasteiger partial charge in [-0.25, -0.2) is 0 Å². The SMILES string of the molecule is CCCCCC/C=C(/C)I. The Kier molecular flexibility index (Phi) is 7.93. The molecule has 0 spiro atoms. The molecular formula is C9H17I. The fourth-order valence-corrected chi connectivity index (χ4v) is 1.18. The molecule has 0 saturated carbocycles. The first kappa shape index (κ1) is 10.5. The van der Waals surface area contributed by atoms with Crippen LogP contribution < -0.4 is 0 Å². The molecule has 0 aliphatic carbocycles. The quantitative estimate of drug-likeness (QED) is 0.505. The molecule has 0 heterocycles. The maximum absolute atomic E-state index is 2.36. The Balaban J connectivity index is 2.98. The van der Waals surface area contributed by atoms with Gasteiger partial charge in [0.2, 0.25) is 0 Å². The van der Waals surface area contributed by atoms with E-state index in [9.17, 15) is 0 Å². The Morgan fingerprint density at radius 2 is 2.00 bits per heavy atom. The van der Waals surface area contributed by atoms with Crippen molar-refractivity contribution in [2.24, 2.45) is 0 Å². The molecule has 0 bridgehead atoms. The number of hydrogen-bond donors (Lipinski definition) is 0. The van der Waals surface area contributed by atoms with Crippen LogP contribution in [0.5, 0.6) is 0 Å². The maximum atomic E-state index is 2.36. The fraction of sp³-hybridized carbons (Fsp3) is 0.778. The van der Waals surface area contributed by atoms with Gasteiger partial charge in [-0.2, -0.15) is 0 Å². The summed E-state index contributed by atoms with van der Waals surface area (Å²) in [6.07, 6.45) is 9.09. The molecule has 0 aromatic rings. The molecule has 0 fully saturated rings. The van der Waals surface area contributed by atoms with Crippen molar-refractivity contribution in [2.45, 2.75) is 46.0 Å². The number of unbranched alkanes of at least 4 members (excludes halogenated alkanes) is 4. The molecule has 0 amide bonds. The van der Waals surface area contributed by atoms with Crippen molar-refractivity contribution < 1.29 is 0 Å². The normalized spacial score (nSPS) is 12.1. The summed E-state index contributed by atoms with van der Waals surface area (Å²) in [6.45, 7) is 4.40. The van der Waals surface area contributed by atoms with Crippen molar-refractivity contribution in [2.75, 3.05) is 0 Å². The summed E-state index contributed by atoms with van der Waals surface area (Å²) in [4.78, 5) is 0. The Labute approximate surface area is 78.2 Å². The number of allylic oxidation sites excluding steroid dienone is 2. The van der Waals surface area contributed by atoms with Crippen molar-refractivity contribution in [3.8, 4) is 0 Å². The highest BCUT2D eigenvalue weighted by Gasteiger charge is 1.84. The van der Waals surface area contributed by atoms with Crippen LogP contribution in [0.2, 0.25) is 0 Å². The molecule has 0 aliphatic heterocycles. The van der Waals surface area contributed by atoms with E-state index in [1.807, 2.05) is 0 Å². The number of hydrogen-bond acceptors (Lipinski definition) is 0. The van der Waals surface area contributed by atoms with Crippen molar-refractivity contribution in [3.05, 3.63) is 9.66 Å². The molecule has 0 saturated heterocycles. The van der Waals surface area contributed by atoms with Crippen molar-refractivity contribution in [3.63, 3.8) is 0 Å². The van der Waals surface area contributed by atoms with E-state index in [1.54, 1.807) is 0 Å². The fourth-order valence-electron chi connectivity index (χ4n) is 0.872. The second-order valence-electron chi connectivity index (χ2n) is 2.64. The van der Waals surface area contributed by atoms with Crippen LogP contribution in [0.1, 0.15) is 46.0 Å². The van der Waals surface area contributed by atoms with Crippen LogP contribution in [0.15, 0.2) is 9.66 Å². The van der Waals surface area contributed by atoms with E-state index in [0.29, 0.717) is 0 Å². The summed E-state index contributed by atoms with van der Waals surface area (Å²) >= 11 is 2.36. The lowest BCUT2D eigenvalue weighted by atomic mass is 10.1. The van der Waals surface area contributed by atoms with Gasteiger partial charge in [-0.3, -0.25) is 0 Å². The van der Waals surface area contributed by atoms with Crippen LogP contribution in [0.3, 0.4) is 0 Å². The van der Waals surface area contributed by atoms with E-state index in [-0.39, 0.29) is 0 Å². The smallest absolute Gasteiger partial charge is 0.0165 e. The first-order valence-electron chi connectivity index (χ1n) is 4.09. The van der Waals surface area contributed by atoms with Crippen LogP contribution in [-0.4, -0.2) is 0 Å². The summed E-state index contributed by atoms with van der Waals surface area (Å²) in [5, 5.41) is 0. The monoisotopic (exact) mass is 252 g/mol. The molecule has 0 aromatic carbocycles. The number of halogens is 1. The highest BCUT2D eigenvalue weighted by molar-refractivity contribution is 14.1. The minimum absolute atomic E-state index is 1.27. The third kappa shape index (κ3) is 8.47. The lowest BCUT2D eigenvalue weighted by Crippen LogP contribution is -1.73. The summed E-state index contributed by atoms with van der Waals surface area (Å²) in [7, 11) is 0. The van der Waals surface area contributed by atoms with Crippen molar-refractivity contribution in [1.82, 2.24) is 0 Å². The third-order valence-electron chi connectivity index (χ3n) is 1.48. The molecule has 0 unspecified atom stereocenters. The Morgan fingerprint density at radius 3 is 2.50 bits per heavy atom. The second-order valence-corrected chi connectivity index (χ2v) is 4.34. The highest BCUT2D eigenvalue weighted by atomic mass is 127. The van der Waals surface area contributed by atoms with E-state index in [4.69, 9.17) is 0 Å². The van der Waals surface area contributed by atoms with Crippen molar-refractivity contribution in [1.29, 1.82) is 0 Å². The minimum Gasteiger partial charge on any atom is -0.0755 e. The van der Waals surface area contributed by atoms with E-state index < -0.39 is 0 Å². The average molecular weight is 252 g/mol. The van der Waals surface area contributed by atoms with Gasteiger partial charge in [-0.1, -0.05) is 32.3 Å². The van der Waals surface area contributed by atoms with Gasteiger partial charge < -0.3 is 0 Å². The molecular weight excluding hydrogens is 235 g/mol. The lowest BCUT2D eigenvalue weighted by molar-refractivity contribution is 0.674. The predicted octanol–water partition coefficient (Wildman–Crippen LogP) is 4.30. The predicted molar refractivity (Wildman–Crippen MR) is 56.5 cm³/mol. The van der Waals surface area contributed by atoms with Crippen molar-refractivity contribution >= 4 is 22.6 Å². The maximum Gasteiger partial charge on any atom is -0.0165 e.